The molecule has 0 aliphatic carbocycles. The summed E-state index contributed by atoms with van der Waals surface area (Å²) in [6.07, 6.45) is 0.686. The number of aliphatic hydroxyl groups excluding tert-OH is 1. The number of benzene rings is 1. The summed E-state index contributed by atoms with van der Waals surface area (Å²) in [5.74, 6) is -2.34. The fraction of sp³-hybridized carbons (Fsp3) is 0.455. The number of amides is 1. The van der Waals surface area contributed by atoms with Crippen molar-refractivity contribution in [3.05, 3.63) is 52.1 Å². The van der Waals surface area contributed by atoms with Gasteiger partial charge in [-0.25, -0.2) is 9.59 Å². The molecule has 5 N–H and O–H groups in total. The van der Waals surface area contributed by atoms with Crippen LogP contribution in [0.5, 0.6) is 5.75 Å². The standard InChI is InChI=1S/C18H26N4O6.C4H4O4/c1-18(2,13-20-17(24)8-5-9-28-22(25)26)21-11-15(23)12-27-16-7-4-3-6-14(16)10-19;5-3(6)1-2-4(7)8/h3-4,6-7,15,21,23H,5,8-9,11-13H2,1-2H3,(H,20,24);1-2H,(H,5,6)(H,7,8). The first-order valence-electron chi connectivity index (χ1n) is 10.6. The number of carbonyl (C=O) groups is 3. The zero-order valence-corrected chi connectivity index (χ0v) is 19.9. The van der Waals surface area contributed by atoms with Crippen molar-refractivity contribution in [1.29, 1.82) is 5.26 Å². The maximum absolute atomic E-state index is 11.7. The Balaban J connectivity index is 0.00000131. The third-order valence-corrected chi connectivity index (χ3v) is 4.10. The van der Waals surface area contributed by atoms with Crippen LogP contribution in [-0.4, -0.2) is 76.2 Å². The van der Waals surface area contributed by atoms with Gasteiger partial charge >= 0.3 is 11.9 Å². The minimum absolute atomic E-state index is 0.0184. The van der Waals surface area contributed by atoms with Crippen molar-refractivity contribution in [3.8, 4) is 11.8 Å². The number of para-hydroxylation sites is 1. The average Bonchev–Trinajstić information content (AvgIpc) is 2.82. The van der Waals surface area contributed by atoms with Gasteiger partial charge in [0.25, 0.3) is 5.09 Å². The van der Waals surface area contributed by atoms with Gasteiger partial charge in [0.2, 0.25) is 5.91 Å². The van der Waals surface area contributed by atoms with Crippen LogP contribution in [0.25, 0.3) is 0 Å². The second kappa shape index (κ2) is 17.2. The lowest BCUT2D eigenvalue weighted by atomic mass is 10.1. The normalized spacial score (nSPS) is 11.4. The summed E-state index contributed by atoms with van der Waals surface area (Å²) in [5, 5.41) is 49.7. The maximum atomic E-state index is 11.7. The van der Waals surface area contributed by atoms with Crippen molar-refractivity contribution in [3.63, 3.8) is 0 Å². The number of hydrogen-bond donors (Lipinski definition) is 5. The van der Waals surface area contributed by atoms with E-state index in [4.69, 9.17) is 20.2 Å². The highest BCUT2D eigenvalue weighted by molar-refractivity contribution is 5.89. The Labute approximate surface area is 207 Å². The summed E-state index contributed by atoms with van der Waals surface area (Å²) in [5.41, 5.74) is -0.0900. The first-order valence-corrected chi connectivity index (χ1v) is 10.6. The number of nitrogens with zero attached hydrogens (tertiary/aromatic N) is 2. The number of carboxylic acids is 2. The van der Waals surface area contributed by atoms with Gasteiger partial charge in [-0.2, -0.15) is 5.26 Å². The van der Waals surface area contributed by atoms with E-state index in [-0.39, 0.29) is 38.5 Å². The highest BCUT2D eigenvalue weighted by Crippen LogP contribution is 2.16. The van der Waals surface area contributed by atoms with Gasteiger partial charge < -0.3 is 35.5 Å². The number of carboxylic acid groups (broad SMARTS) is 2. The monoisotopic (exact) mass is 510 g/mol. The third-order valence-electron chi connectivity index (χ3n) is 4.10. The number of aliphatic hydroxyl groups is 1. The van der Waals surface area contributed by atoms with Crippen molar-refractivity contribution >= 4 is 17.8 Å². The van der Waals surface area contributed by atoms with E-state index < -0.39 is 28.7 Å². The van der Waals surface area contributed by atoms with Gasteiger partial charge in [-0.15, -0.1) is 10.1 Å². The number of ether oxygens (including phenoxy) is 1. The Morgan fingerprint density at radius 1 is 1.22 bits per heavy atom. The Hall–Kier alpha value is -4.22. The molecule has 0 heterocycles. The molecule has 0 radical (unpaired) electrons. The molecule has 0 saturated carbocycles. The Kier molecular flexibility index (Phi) is 15.2. The van der Waals surface area contributed by atoms with E-state index in [1.54, 1.807) is 24.3 Å². The fourth-order valence-corrected chi connectivity index (χ4v) is 2.31. The molecule has 0 fully saturated rings. The molecular formula is C22H30N4O10. The number of aliphatic carboxylic acids is 2. The molecule has 36 heavy (non-hydrogen) atoms. The zero-order chi connectivity index (χ0) is 27.6. The lowest BCUT2D eigenvalue weighted by molar-refractivity contribution is -0.757. The van der Waals surface area contributed by atoms with Crippen LogP contribution in [0.4, 0.5) is 0 Å². The van der Waals surface area contributed by atoms with E-state index in [1.165, 1.54) is 0 Å². The fourth-order valence-electron chi connectivity index (χ4n) is 2.31. The topological polar surface area (TPSA) is 221 Å². The van der Waals surface area contributed by atoms with Crippen molar-refractivity contribution < 1.29 is 44.4 Å². The van der Waals surface area contributed by atoms with E-state index in [9.17, 15) is 29.6 Å². The van der Waals surface area contributed by atoms with Crippen LogP contribution in [0, 0.1) is 21.4 Å². The number of hydrogen-bond acceptors (Lipinski definition) is 10. The molecular weight excluding hydrogens is 480 g/mol. The van der Waals surface area contributed by atoms with E-state index in [0.29, 0.717) is 30.0 Å². The quantitative estimate of drug-likeness (QED) is 0.0941. The lowest BCUT2D eigenvalue weighted by Gasteiger charge is -2.28. The van der Waals surface area contributed by atoms with E-state index in [1.807, 2.05) is 19.9 Å². The molecule has 1 amide bonds. The summed E-state index contributed by atoms with van der Waals surface area (Å²) in [7, 11) is 0. The molecule has 14 nitrogen and oxygen atoms in total. The zero-order valence-electron chi connectivity index (χ0n) is 19.9. The van der Waals surface area contributed by atoms with Crippen molar-refractivity contribution in [1.82, 2.24) is 10.6 Å². The molecule has 0 saturated heterocycles. The van der Waals surface area contributed by atoms with Gasteiger partial charge in [0.15, 0.2) is 0 Å². The molecule has 0 aromatic heterocycles. The van der Waals surface area contributed by atoms with Crippen LogP contribution >= 0.6 is 0 Å². The number of β-amino-alcohol motifs (C(OH)–C–C–N with tert-alkyl or cyclic N) is 1. The van der Waals surface area contributed by atoms with E-state index in [0.717, 1.165) is 0 Å². The van der Waals surface area contributed by atoms with Crippen molar-refractivity contribution in [2.45, 2.75) is 38.3 Å². The molecule has 1 aromatic carbocycles. The number of carbonyl (C=O) groups excluding carboxylic acids is 1. The van der Waals surface area contributed by atoms with Crippen molar-refractivity contribution in [2.75, 3.05) is 26.3 Å². The maximum Gasteiger partial charge on any atom is 0.328 e. The van der Waals surface area contributed by atoms with E-state index in [2.05, 4.69) is 15.5 Å². The molecule has 0 aliphatic rings. The molecule has 1 atom stereocenters. The van der Waals surface area contributed by atoms with Crippen LogP contribution in [-0.2, 0) is 19.2 Å². The summed E-state index contributed by atoms with van der Waals surface area (Å²) >= 11 is 0. The van der Waals surface area contributed by atoms with Gasteiger partial charge in [-0.3, -0.25) is 4.79 Å². The van der Waals surface area contributed by atoms with Gasteiger partial charge in [0.05, 0.1) is 12.2 Å². The summed E-state index contributed by atoms with van der Waals surface area (Å²) in [4.78, 5) is 45.0. The summed E-state index contributed by atoms with van der Waals surface area (Å²) in [6, 6.07) is 8.80. The van der Waals surface area contributed by atoms with Gasteiger partial charge in [-0.1, -0.05) is 12.1 Å². The Morgan fingerprint density at radius 3 is 2.39 bits per heavy atom. The van der Waals surface area contributed by atoms with E-state index >= 15 is 0 Å². The predicted octanol–water partition coefficient (Wildman–Crippen LogP) is 0.483. The molecule has 1 aromatic rings. The highest BCUT2D eigenvalue weighted by Gasteiger charge is 2.20. The van der Waals surface area contributed by atoms with Gasteiger partial charge in [0, 0.05) is 37.2 Å². The first-order chi connectivity index (χ1) is 16.9. The smallest absolute Gasteiger partial charge is 0.328 e. The molecule has 14 heteroatoms. The van der Waals surface area contributed by atoms with Crippen LogP contribution in [0.15, 0.2) is 36.4 Å². The van der Waals surface area contributed by atoms with Crippen LogP contribution in [0.3, 0.4) is 0 Å². The van der Waals surface area contributed by atoms with Gasteiger partial charge in [-0.05, 0) is 32.4 Å². The minimum atomic E-state index is -1.26. The number of rotatable bonds is 15. The predicted molar refractivity (Wildman–Crippen MR) is 124 cm³/mol. The highest BCUT2D eigenvalue weighted by atomic mass is 16.9. The van der Waals surface area contributed by atoms with Crippen molar-refractivity contribution in [2.24, 2.45) is 0 Å². The molecule has 0 bridgehead atoms. The molecule has 0 spiro atoms. The lowest BCUT2D eigenvalue weighted by Crippen LogP contribution is -2.51. The average molecular weight is 511 g/mol. The third kappa shape index (κ3) is 17.3. The van der Waals surface area contributed by atoms with Gasteiger partial charge in [0.1, 0.15) is 24.5 Å². The largest absolute Gasteiger partial charge is 0.489 e. The SMILES string of the molecule is CC(C)(CNC(=O)CCCO[N+](=O)[O-])NCC(O)COc1ccccc1C#N.O=C(O)C=CC(=O)O. The van der Waals surface area contributed by atoms with Crippen LogP contribution < -0.4 is 15.4 Å². The Bertz CT molecular complexity index is 927. The molecule has 198 valence electrons. The molecule has 0 aliphatic heterocycles. The number of nitriles is 1. The van der Waals surface area contributed by atoms with Crippen LogP contribution in [0.2, 0.25) is 0 Å². The molecule has 1 unspecified atom stereocenters. The summed E-state index contributed by atoms with van der Waals surface area (Å²) in [6.45, 7) is 4.16. The minimum Gasteiger partial charge on any atom is -0.489 e. The second-order valence-corrected chi connectivity index (χ2v) is 7.78. The van der Waals surface area contributed by atoms with Crippen LogP contribution in [0.1, 0.15) is 32.3 Å². The Morgan fingerprint density at radius 2 is 1.83 bits per heavy atom. The summed E-state index contributed by atoms with van der Waals surface area (Å²) < 4.78 is 5.48. The first kappa shape index (κ1) is 31.8. The number of nitrogens with one attached hydrogen (secondary N) is 2. The molecule has 1 rings (SSSR count). The second-order valence-electron chi connectivity index (χ2n) is 7.78.